The molecule has 0 spiro atoms. The van der Waals surface area contributed by atoms with Crippen LogP contribution in [-0.4, -0.2) is 4.92 Å². The van der Waals surface area contributed by atoms with Gasteiger partial charge < -0.3 is 9.62 Å². The smallest absolute Gasteiger partial charge is 0.448 e. The third kappa shape index (κ3) is 1.22. The van der Waals surface area contributed by atoms with Gasteiger partial charge in [0.1, 0.15) is 9.40 Å². The topological polar surface area (TPSA) is 83.2 Å². The number of nitrogens with zero attached hydrogens (tertiary/aromatic N) is 2. The van der Waals surface area contributed by atoms with Crippen LogP contribution in [0.4, 0.5) is 5.88 Å². The second-order valence-corrected chi connectivity index (χ2v) is 3.35. The highest BCUT2D eigenvalue weighted by Crippen LogP contribution is 2.34. The van der Waals surface area contributed by atoms with Gasteiger partial charge in [-0.2, -0.15) is 4.73 Å². The minimum atomic E-state index is -0.654. The number of halogens is 1. The van der Waals surface area contributed by atoms with Crippen LogP contribution in [0, 0.1) is 15.3 Å². The monoisotopic (exact) mass is 258 g/mol. The molecule has 7 heteroatoms. The van der Waals surface area contributed by atoms with Crippen LogP contribution in [0.25, 0.3) is 11.0 Å². The van der Waals surface area contributed by atoms with E-state index in [4.69, 9.17) is 4.42 Å². The standard InChI is InChI=1S/C7H3BrN2O4/c8-6-4-1-2-9(11)3-5(4)14-7(6)10(12)13/h1-3H. The summed E-state index contributed by atoms with van der Waals surface area (Å²) in [6.45, 7) is 0. The van der Waals surface area contributed by atoms with Gasteiger partial charge in [-0.1, -0.05) is 0 Å². The molecule has 0 aliphatic heterocycles. The van der Waals surface area contributed by atoms with Crippen molar-refractivity contribution in [2.45, 2.75) is 0 Å². The Morgan fingerprint density at radius 2 is 2.29 bits per heavy atom. The molecule has 0 bridgehead atoms. The predicted molar refractivity (Wildman–Crippen MR) is 49.5 cm³/mol. The lowest BCUT2D eigenvalue weighted by atomic mass is 10.3. The average Bonchev–Trinajstić information content (AvgIpc) is 2.43. The Morgan fingerprint density at radius 1 is 1.57 bits per heavy atom. The maximum Gasteiger partial charge on any atom is 0.448 e. The largest absolute Gasteiger partial charge is 0.619 e. The van der Waals surface area contributed by atoms with Crippen molar-refractivity contribution in [1.29, 1.82) is 0 Å². The fourth-order valence-electron chi connectivity index (χ4n) is 1.10. The van der Waals surface area contributed by atoms with Gasteiger partial charge in [0.05, 0.1) is 5.39 Å². The summed E-state index contributed by atoms with van der Waals surface area (Å²) in [6, 6.07) is 1.45. The summed E-state index contributed by atoms with van der Waals surface area (Å²) in [7, 11) is 0. The van der Waals surface area contributed by atoms with Crippen LogP contribution in [0.5, 0.6) is 0 Å². The SMILES string of the molecule is O=[N+]([O-])c1oc2c[n+]([O-])ccc2c1Br. The Hall–Kier alpha value is -1.63. The van der Waals surface area contributed by atoms with Crippen molar-refractivity contribution in [3.63, 3.8) is 0 Å². The van der Waals surface area contributed by atoms with E-state index < -0.39 is 10.8 Å². The molecule has 0 fully saturated rings. The van der Waals surface area contributed by atoms with Gasteiger partial charge in [0.25, 0.3) is 0 Å². The van der Waals surface area contributed by atoms with Crippen molar-refractivity contribution in [2.75, 3.05) is 0 Å². The van der Waals surface area contributed by atoms with Gasteiger partial charge in [0.15, 0.2) is 6.20 Å². The van der Waals surface area contributed by atoms with Crippen molar-refractivity contribution in [2.24, 2.45) is 0 Å². The van der Waals surface area contributed by atoms with Crippen LogP contribution in [0.1, 0.15) is 0 Å². The first-order chi connectivity index (χ1) is 6.59. The molecule has 0 atom stereocenters. The van der Waals surface area contributed by atoms with E-state index in [1.807, 2.05) is 0 Å². The number of furan rings is 1. The van der Waals surface area contributed by atoms with E-state index >= 15 is 0 Å². The molecule has 14 heavy (non-hydrogen) atoms. The fourth-order valence-corrected chi connectivity index (χ4v) is 1.66. The summed E-state index contributed by atoms with van der Waals surface area (Å²) in [5, 5.41) is 21.8. The fraction of sp³-hybridized carbons (Fsp3) is 0. The molecule has 0 amide bonds. The molecule has 0 aromatic carbocycles. The van der Waals surface area contributed by atoms with Crippen LogP contribution in [0.3, 0.4) is 0 Å². The average molecular weight is 259 g/mol. The molecular formula is C7H3BrN2O4. The summed E-state index contributed by atoms with van der Waals surface area (Å²) in [6.07, 6.45) is 2.37. The summed E-state index contributed by atoms with van der Waals surface area (Å²) in [4.78, 5) is 9.82. The highest BCUT2D eigenvalue weighted by Gasteiger charge is 2.22. The number of pyridine rings is 1. The lowest BCUT2D eigenvalue weighted by Crippen LogP contribution is -2.23. The molecule has 0 N–H and O–H groups in total. The Morgan fingerprint density at radius 3 is 2.93 bits per heavy atom. The molecule has 0 radical (unpaired) electrons. The number of rotatable bonds is 1. The van der Waals surface area contributed by atoms with E-state index in [0.717, 1.165) is 6.20 Å². The second kappa shape index (κ2) is 2.95. The first-order valence-electron chi connectivity index (χ1n) is 3.55. The Labute approximate surface area is 85.6 Å². The molecule has 72 valence electrons. The number of hydrogen-bond donors (Lipinski definition) is 0. The van der Waals surface area contributed by atoms with Crippen molar-refractivity contribution >= 4 is 32.8 Å². The van der Waals surface area contributed by atoms with E-state index in [1.165, 1.54) is 12.3 Å². The molecular weight excluding hydrogens is 256 g/mol. The minimum Gasteiger partial charge on any atom is -0.619 e. The van der Waals surface area contributed by atoms with Crippen LogP contribution in [-0.2, 0) is 0 Å². The number of fused-ring (bicyclic) bond motifs is 1. The molecule has 0 unspecified atom stereocenters. The minimum absolute atomic E-state index is 0.182. The van der Waals surface area contributed by atoms with Crippen molar-refractivity contribution in [1.82, 2.24) is 0 Å². The number of aromatic nitrogens is 1. The predicted octanol–water partition coefficient (Wildman–Crippen LogP) is 1.74. The van der Waals surface area contributed by atoms with Gasteiger partial charge >= 0.3 is 5.88 Å². The molecule has 0 saturated carbocycles. The maximum absolute atomic E-state index is 10.8. The quantitative estimate of drug-likeness (QED) is 0.338. The van der Waals surface area contributed by atoms with Gasteiger partial charge in [-0.3, -0.25) is 10.1 Å². The molecule has 2 rings (SSSR count). The van der Waals surface area contributed by atoms with Crippen LogP contribution in [0.15, 0.2) is 27.3 Å². The van der Waals surface area contributed by atoms with E-state index in [2.05, 4.69) is 15.9 Å². The van der Waals surface area contributed by atoms with Crippen LogP contribution in [0.2, 0.25) is 0 Å². The Kier molecular flexibility index (Phi) is 1.88. The number of nitro groups is 1. The zero-order valence-corrected chi connectivity index (χ0v) is 8.22. The third-order valence-electron chi connectivity index (χ3n) is 1.69. The van der Waals surface area contributed by atoms with E-state index in [1.54, 1.807) is 0 Å². The van der Waals surface area contributed by atoms with E-state index in [0.29, 0.717) is 10.1 Å². The highest BCUT2D eigenvalue weighted by atomic mass is 79.9. The number of hydrogen-bond acceptors (Lipinski definition) is 4. The lowest BCUT2D eigenvalue weighted by molar-refractivity contribution is -0.604. The zero-order chi connectivity index (χ0) is 10.3. The molecule has 0 saturated heterocycles. The molecule has 0 aliphatic carbocycles. The molecule has 0 aliphatic rings. The summed E-state index contributed by atoms with van der Waals surface area (Å²) >= 11 is 3.03. The molecule has 2 heterocycles. The van der Waals surface area contributed by atoms with Gasteiger partial charge in [-0.25, -0.2) is 0 Å². The van der Waals surface area contributed by atoms with Crippen molar-refractivity contribution in [3.8, 4) is 0 Å². The second-order valence-electron chi connectivity index (χ2n) is 2.56. The summed E-state index contributed by atoms with van der Waals surface area (Å²) in [5.74, 6) is -0.397. The summed E-state index contributed by atoms with van der Waals surface area (Å²) in [5.41, 5.74) is 0.182. The third-order valence-corrected chi connectivity index (χ3v) is 2.46. The first kappa shape index (κ1) is 8.95. The highest BCUT2D eigenvalue weighted by molar-refractivity contribution is 9.10. The maximum atomic E-state index is 10.8. The Balaban J connectivity index is 2.79. The molecule has 2 aromatic heterocycles. The normalized spacial score (nSPS) is 10.6. The van der Waals surface area contributed by atoms with Crippen molar-refractivity contribution in [3.05, 3.63) is 38.3 Å². The summed E-state index contributed by atoms with van der Waals surface area (Å²) < 4.78 is 5.64. The van der Waals surface area contributed by atoms with E-state index in [-0.39, 0.29) is 10.1 Å². The first-order valence-corrected chi connectivity index (χ1v) is 4.34. The van der Waals surface area contributed by atoms with E-state index in [9.17, 15) is 15.3 Å². The van der Waals surface area contributed by atoms with Gasteiger partial charge in [-0.15, -0.1) is 0 Å². The van der Waals surface area contributed by atoms with Gasteiger partial charge in [-0.05, 0) is 15.9 Å². The molecule has 6 nitrogen and oxygen atoms in total. The molecule has 2 aromatic rings. The van der Waals surface area contributed by atoms with Crippen molar-refractivity contribution < 1.29 is 14.1 Å². The van der Waals surface area contributed by atoms with Gasteiger partial charge in [0, 0.05) is 6.07 Å². The lowest BCUT2D eigenvalue weighted by Gasteiger charge is -1.91. The van der Waals surface area contributed by atoms with Gasteiger partial charge in [0.2, 0.25) is 11.8 Å². The zero-order valence-electron chi connectivity index (χ0n) is 6.64. The van der Waals surface area contributed by atoms with Crippen LogP contribution < -0.4 is 4.73 Å². The Bertz CT molecular complexity index is 522. The van der Waals surface area contributed by atoms with Crippen LogP contribution >= 0.6 is 15.9 Å².